The number of nitrogens with zero attached hydrogens (tertiary/aromatic N) is 1. The maximum Gasteiger partial charge on any atom is 0.223 e. The standard InChI is InChI=1S/C24H38N2O3/c27-21(25-17-24-12-18-9-19(13-24)11-20(10-18)14-24)15-23(3-1-2-4-23)16-22(28)26-5-7-29-8-6-26/h18-20H,1-17H2,(H,25,27). The van der Waals surface area contributed by atoms with Crippen LogP contribution >= 0.6 is 0 Å². The van der Waals surface area contributed by atoms with Gasteiger partial charge in [-0.3, -0.25) is 9.59 Å². The molecular weight excluding hydrogens is 364 g/mol. The molecule has 0 aromatic heterocycles. The summed E-state index contributed by atoms with van der Waals surface area (Å²) >= 11 is 0. The lowest BCUT2D eigenvalue weighted by Crippen LogP contribution is -2.51. The van der Waals surface area contributed by atoms with Crippen LogP contribution < -0.4 is 5.32 Å². The van der Waals surface area contributed by atoms with Crippen molar-refractivity contribution in [1.82, 2.24) is 10.2 Å². The zero-order valence-corrected chi connectivity index (χ0v) is 17.9. The summed E-state index contributed by atoms with van der Waals surface area (Å²) in [6.45, 7) is 3.57. The van der Waals surface area contributed by atoms with Crippen molar-refractivity contribution in [2.24, 2.45) is 28.6 Å². The maximum atomic E-state index is 13.0. The molecule has 5 nitrogen and oxygen atoms in total. The largest absolute Gasteiger partial charge is 0.378 e. The smallest absolute Gasteiger partial charge is 0.223 e. The Kier molecular flexibility index (Phi) is 5.38. The van der Waals surface area contributed by atoms with E-state index in [-0.39, 0.29) is 17.2 Å². The molecule has 1 N–H and O–H groups in total. The molecule has 6 aliphatic rings. The first-order chi connectivity index (χ1) is 14.0. The highest BCUT2D eigenvalue weighted by molar-refractivity contribution is 5.80. The van der Waals surface area contributed by atoms with Crippen molar-refractivity contribution in [2.45, 2.75) is 77.0 Å². The van der Waals surface area contributed by atoms with Crippen LogP contribution in [-0.4, -0.2) is 49.6 Å². The fourth-order valence-electron chi connectivity index (χ4n) is 7.98. The van der Waals surface area contributed by atoms with Crippen molar-refractivity contribution in [1.29, 1.82) is 0 Å². The van der Waals surface area contributed by atoms with Gasteiger partial charge in [-0.25, -0.2) is 0 Å². The van der Waals surface area contributed by atoms with Gasteiger partial charge in [0.2, 0.25) is 11.8 Å². The van der Waals surface area contributed by atoms with Crippen molar-refractivity contribution in [3.8, 4) is 0 Å². The number of hydrogen-bond acceptors (Lipinski definition) is 3. The van der Waals surface area contributed by atoms with Crippen LogP contribution in [-0.2, 0) is 14.3 Å². The van der Waals surface area contributed by atoms with Crippen LogP contribution in [0, 0.1) is 28.6 Å². The number of carbonyl (C=O) groups is 2. The molecule has 5 heteroatoms. The van der Waals surface area contributed by atoms with E-state index in [1.165, 1.54) is 38.5 Å². The second-order valence-electron chi connectivity index (χ2n) is 11.2. The summed E-state index contributed by atoms with van der Waals surface area (Å²) in [4.78, 5) is 27.8. The molecule has 162 valence electrons. The highest BCUT2D eigenvalue weighted by atomic mass is 16.5. The normalized spacial score (nSPS) is 37.7. The number of carbonyl (C=O) groups excluding carboxylic acids is 2. The van der Waals surface area contributed by atoms with Gasteiger partial charge >= 0.3 is 0 Å². The summed E-state index contributed by atoms with van der Waals surface area (Å²) in [5.74, 6) is 3.18. The summed E-state index contributed by atoms with van der Waals surface area (Å²) in [5, 5.41) is 3.36. The SMILES string of the molecule is O=C(CC1(CC(=O)N2CCOCC2)CCCC1)NCC12CC3CC(CC(C3)C1)C2. The van der Waals surface area contributed by atoms with Crippen LogP contribution in [0.1, 0.15) is 77.0 Å². The molecule has 0 aromatic rings. The van der Waals surface area contributed by atoms with Gasteiger partial charge in [0.1, 0.15) is 0 Å². The predicted molar refractivity (Wildman–Crippen MR) is 111 cm³/mol. The molecule has 4 bridgehead atoms. The fourth-order valence-corrected chi connectivity index (χ4v) is 7.98. The molecule has 6 rings (SSSR count). The Labute approximate surface area is 175 Å². The Morgan fingerprint density at radius 1 is 0.897 bits per heavy atom. The molecule has 0 radical (unpaired) electrons. The molecule has 0 atom stereocenters. The minimum atomic E-state index is -0.110. The van der Waals surface area contributed by atoms with Gasteiger partial charge in [0.15, 0.2) is 0 Å². The first kappa shape index (κ1) is 19.8. The van der Waals surface area contributed by atoms with Crippen molar-refractivity contribution in [3.63, 3.8) is 0 Å². The second-order valence-corrected chi connectivity index (χ2v) is 11.2. The average Bonchev–Trinajstić information content (AvgIpc) is 3.14. The Hall–Kier alpha value is -1.10. The van der Waals surface area contributed by atoms with E-state index >= 15 is 0 Å². The predicted octanol–water partition coefficient (Wildman–Crippen LogP) is 3.52. The number of rotatable bonds is 6. The van der Waals surface area contributed by atoms with Crippen LogP contribution in [0.5, 0.6) is 0 Å². The zero-order valence-electron chi connectivity index (χ0n) is 17.9. The fraction of sp³-hybridized carbons (Fsp3) is 0.917. The molecule has 6 fully saturated rings. The molecule has 1 heterocycles. The summed E-state index contributed by atoms with van der Waals surface area (Å²) < 4.78 is 5.38. The van der Waals surface area contributed by atoms with Crippen LogP contribution in [0.2, 0.25) is 0 Å². The van der Waals surface area contributed by atoms with E-state index < -0.39 is 0 Å². The van der Waals surface area contributed by atoms with E-state index in [2.05, 4.69) is 5.32 Å². The maximum absolute atomic E-state index is 13.0. The monoisotopic (exact) mass is 402 g/mol. The molecule has 5 saturated carbocycles. The average molecular weight is 403 g/mol. The molecule has 29 heavy (non-hydrogen) atoms. The Morgan fingerprint density at radius 2 is 1.48 bits per heavy atom. The number of nitrogens with one attached hydrogen (secondary N) is 1. The topological polar surface area (TPSA) is 58.6 Å². The summed E-state index contributed by atoms with van der Waals surface area (Å²) in [6.07, 6.45) is 13.8. The van der Waals surface area contributed by atoms with Crippen molar-refractivity contribution in [2.75, 3.05) is 32.8 Å². The number of ether oxygens (including phenoxy) is 1. The lowest BCUT2D eigenvalue weighted by Gasteiger charge is -2.57. The van der Waals surface area contributed by atoms with E-state index in [0.29, 0.717) is 44.6 Å². The van der Waals surface area contributed by atoms with Gasteiger partial charge in [0, 0.05) is 32.5 Å². The molecule has 1 saturated heterocycles. The molecule has 0 aromatic carbocycles. The summed E-state index contributed by atoms with van der Waals surface area (Å²) in [5.41, 5.74) is 0.276. The second kappa shape index (κ2) is 7.86. The Bertz CT molecular complexity index is 599. The van der Waals surface area contributed by atoms with Crippen molar-refractivity contribution >= 4 is 11.8 Å². The highest BCUT2D eigenvalue weighted by Gasteiger charge is 2.51. The van der Waals surface area contributed by atoms with Gasteiger partial charge < -0.3 is 15.0 Å². The van der Waals surface area contributed by atoms with Gasteiger partial charge in [0.05, 0.1) is 13.2 Å². The van der Waals surface area contributed by atoms with Crippen LogP contribution in [0.15, 0.2) is 0 Å². The molecule has 2 amide bonds. The Morgan fingerprint density at radius 3 is 2.07 bits per heavy atom. The van der Waals surface area contributed by atoms with E-state index in [1.807, 2.05) is 4.90 Å². The lowest BCUT2D eigenvalue weighted by molar-refractivity contribution is -0.138. The highest BCUT2D eigenvalue weighted by Crippen LogP contribution is 2.59. The third-order valence-corrected chi connectivity index (χ3v) is 8.92. The summed E-state index contributed by atoms with van der Waals surface area (Å²) in [6, 6.07) is 0. The molecule has 0 spiro atoms. The first-order valence-electron chi connectivity index (χ1n) is 12.2. The van der Waals surface area contributed by atoms with E-state index in [0.717, 1.165) is 50.0 Å². The van der Waals surface area contributed by atoms with Gasteiger partial charge in [-0.2, -0.15) is 0 Å². The van der Waals surface area contributed by atoms with Gasteiger partial charge in [-0.05, 0) is 80.0 Å². The van der Waals surface area contributed by atoms with Crippen LogP contribution in [0.4, 0.5) is 0 Å². The molecule has 1 aliphatic heterocycles. The third-order valence-electron chi connectivity index (χ3n) is 8.92. The number of morpholine rings is 1. The third kappa shape index (κ3) is 4.22. The molecule has 0 unspecified atom stereocenters. The van der Waals surface area contributed by atoms with Crippen LogP contribution in [0.3, 0.4) is 0 Å². The minimum Gasteiger partial charge on any atom is -0.378 e. The van der Waals surface area contributed by atoms with Gasteiger partial charge in [0.25, 0.3) is 0 Å². The minimum absolute atomic E-state index is 0.110. The van der Waals surface area contributed by atoms with Crippen molar-refractivity contribution in [3.05, 3.63) is 0 Å². The van der Waals surface area contributed by atoms with Gasteiger partial charge in [-0.15, -0.1) is 0 Å². The first-order valence-corrected chi connectivity index (χ1v) is 12.2. The Balaban J connectivity index is 1.17. The molecule has 5 aliphatic carbocycles. The van der Waals surface area contributed by atoms with Gasteiger partial charge in [-0.1, -0.05) is 12.8 Å². The number of amides is 2. The summed E-state index contributed by atoms with van der Waals surface area (Å²) in [7, 11) is 0. The quantitative estimate of drug-likeness (QED) is 0.740. The van der Waals surface area contributed by atoms with Crippen LogP contribution in [0.25, 0.3) is 0 Å². The number of hydrogen-bond donors (Lipinski definition) is 1. The lowest BCUT2D eigenvalue weighted by atomic mass is 9.49. The van der Waals surface area contributed by atoms with E-state index in [4.69, 9.17) is 4.74 Å². The van der Waals surface area contributed by atoms with E-state index in [1.54, 1.807) is 0 Å². The van der Waals surface area contributed by atoms with Crippen molar-refractivity contribution < 1.29 is 14.3 Å². The molecular formula is C24H38N2O3. The van der Waals surface area contributed by atoms with E-state index in [9.17, 15) is 9.59 Å². The zero-order chi connectivity index (χ0) is 19.9.